The molecule has 2 aromatic heterocycles. The van der Waals surface area contributed by atoms with E-state index >= 15 is 0 Å². The molecule has 0 aliphatic rings. The van der Waals surface area contributed by atoms with Crippen LogP contribution in [0.5, 0.6) is 0 Å². The molecule has 0 aliphatic carbocycles. The first-order chi connectivity index (χ1) is 15.9. The molecule has 184 valence electrons. The summed E-state index contributed by atoms with van der Waals surface area (Å²) in [6.07, 6.45) is 2.19. The van der Waals surface area contributed by atoms with Crippen molar-refractivity contribution in [3.63, 3.8) is 0 Å². The third-order valence-electron chi connectivity index (χ3n) is 4.73. The Hall–Kier alpha value is -2.27. The van der Waals surface area contributed by atoms with Gasteiger partial charge in [0.1, 0.15) is 0 Å². The number of nitrogens with one attached hydrogen (secondary N) is 2. The van der Waals surface area contributed by atoms with Crippen molar-refractivity contribution in [1.29, 1.82) is 0 Å². The van der Waals surface area contributed by atoms with Gasteiger partial charge in [-0.1, -0.05) is 51.4 Å². The van der Waals surface area contributed by atoms with E-state index in [1.165, 1.54) is 11.3 Å². The maximum atomic E-state index is 12.4. The number of hydrogen-bond donors (Lipinski definition) is 3. The minimum absolute atomic E-state index is 0.0157. The summed E-state index contributed by atoms with van der Waals surface area (Å²) in [4.78, 5) is 14.7. The second-order valence-electron chi connectivity index (χ2n) is 9.16. The smallest absolute Gasteiger partial charge is 0.232 e. The van der Waals surface area contributed by atoms with Gasteiger partial charge in [-0.25, -0.2) is 23.4 Å². The SMILES string of the molecule is CCCS(=O)(=O)Nc1cccc(-c2nc(C(C)(C)C)sc2-c2ccnc(NCC(C)N)n2)c1Cl. The van der Waals surface area contributed by atoms with Crippen molar-refractivity contribution in [2.24, 2.45) is 5.73 Å². The molecule has 3 aromatic rings. The van der Waals surface area contributed by atoms with Crippen molar-refractivity contribution >= 4 is 44.6 Å². The molecule has 11 heteroatoms. The number of halogens is 1. The molecule has 4 N–H and O–H groups in total. The maximum absolute atomic E-state index is 12.4. The summed E-state index contributed by atoms with van der Waals surface area (Å²) >= 11 is 8.26. The molecule has 8 nitrogen and oxygen atoms in total. The molecule has 1 aromatic carbocycles. The number of benzene rings is 1. The minimum Gasteiger partial charge on any atom is -0.353 e. The average molecular weight is 523 g/mol. The summed E-state index contributed by atoms with van der Waals surface area (Å²) < 4.78 is 27.3. The lowest BCUT2D eigenvalue weighted by Gasteiger charge is -2.14. The van der Waals surface area contributed by atoms with Gasteiger partial charge < -0.3 is 11.1 Å². The summed E-state index contributed by atoms with van der Waals surface area (Å²) in [5, 5.41) is 4.34. The number of hydrogen-bond acceptors (Lipinski definition) is 8. The van der Waals surface area contributed by atoms with Crippen LogP contribution in [0.1, 0.15) is 46.0 Å². The largest absolute Gasteiger partial charge is 0.353 e. The zero-order valence-electron chi connectivity index (χ0n) is 20.0. The summed E-state index contributed by atoms with van der Waals surface area (Å²) in [5.74, 6) is 0.487. The predicted molar refractivity (Wildman–Crippen MR) is 142 cm³/mol. The van der Waals surface area contributed by atoms with Gasteiger partial charge >= 0.3 is 0 Å². The molecule has 0 aliphatic heterocycles. The minimum atomic E-state index is -3.50. The van der Waals surface area contributed by atoms with Gasteiger partial charge in [0.2, 0.25) is 16.0 Å². The van der Waals surface area contributed by atoms with Gasteiger partial charge in [0.05, 0.1) is 37.7 Å². The predicted octanol–water partition coefficient (Wildman–Crippen LogP) is 5.13. The Morgan fingerprint density at radius 1 is 1.21 bits per heavy atom. The van der Waals surface area contributed by atoms with E-state index in [0.29, 0.717) is 46.6 Å². The number of anilines is 2. The summed E-state index contributed by atoms with van der Waals surface area (Å²) in [6.45, 7) is 10.5. The summed E-state index contributed by atoms with van der Waals surface area (Å²) in [7, 11) is -3.50. The van der Waals surface area contributed by atoms with Gasteiger partial charge in [-0.05, 0) is 25.5 Å². The number of sulfonamides is 1. The molecule has 0 radical (unpaired) electrons. The van der Waals surface area contributed by atoms with E-state index in [1.54, 1.807) is 18.3 Å². The highest BCUT2D eigenvalue weighted by atomic mass is 35.5. The van der Waals surface area contributed by atoms with Crippen LogP contribution in [0.4, 0.5) is 11.6 Å². The van der Waals surface area contributed by atoms with Crippen molar-refractivity contribution < 1.29 is 8.42 Å². The van der Waals surface area contributed by atoms with Gasteiger partial charge in [-0.3, -0.25) is 4.72 Å². The molecule has 0 amide bonds. The van der Waals surface area contributed by atoms with Crippen molar-refractivity contribution in [3.8, 4) is 21.8 Å². The Balaban J connectivity index is 2.12. The Labute approximate surface area is 210 Å². The lowest BCUT2D eigenvalue weighted by Crippen LogP contribution is -2.25. The molecule has 0 saturated carbocycles. The fourth-order valence-corrected chi connectivity index (χ4v) is 5.67. The topological polar surface area (TPSA) is 123 Å². The van der Waals surface area contributed by atoms with Crippen LogP contribution in [0.3, 0.4) is 0 Å². The summed E-state index contributed by atoms with van der Waals surface area (Å²) in [6, 6.07) is 7.03. The molecule has 1 atom stereocenters. The molecule has 3 rings (SSSR count). The molecule has 34 heavy (non-hydrogen) atoms. The second-order valence-corrected chi connectivity index (χ2v) is 12.4. The Morgan fingerprint density at radius 3 is 2.59 bits per heavy atom. The lowest BCUT2D eigenvalue weighted by atomic mass is 9.98. The fourth-order valence-electron chi connectivity index (χ4n) is 3.10. The normalized spacial score (nSPS) is 13.0. The van der Waals surface area contributed by atoms with Crippen molar-refractivity contribution in [3.05, 3.63) is 40.5 Å². The quantitative estimate of drug-likeness (QED) is 0.356. The highest BCUT2D eigenvalue weighted by molar-refractivity contribution is 7.92. The number of nitrogens with two attached hydrogens (primary N) is 1. The third-order valence-corrected chi connectivity index (χ3v) is 8.12. The van der Waals surface area contributed by atoms with Gasteiger partial charge in [0, 0.05) is 29.8 Å². The molecular weight excluding hydrogens is 492 g/mol. The third kappa shape index (κ3) is 6.44. The summed E-state index contributed by atoms with van der Waals surface area (Å²) in [5.41, 5.74) is 7.94. The Bertz CT molecular complexity index is 1250. The van der Waals surface area contributed by atoms with Gasteiger partial charge in [-0.2, -0.15) is 0 Å². The van der Waals surface area contributed by atoms with E-state index in [2.05, 4.69) is 40.8 Å². The van der Waals surface area contributed by atoms with Crippen LogP contribution in [-0.4, -0.2) is 41.7 Å². The molecule has 0 spiro atoms. The van der Waals surface area contributed by atoms with Gasteiger partial charge in [-0.15, -0.1) is 11.3 Å². The van der Waals surface area contributed by atoms with Crippen molar-refractivity contribution in [2.75, 3.05) is 22.3 Å². The monoisotopic (exact) mass is 522 g/mol. The molecular formula is C23H31ClN6O2S2. The highest BCUT2D eigenvalue weighted by Gasteiger charge is 2.26. The van der Waals surface area contributed by atoms with Crippen LogP contribution in [0.2, 0.25) is 5.02 Å². The van der Waals surface area contributed by atoms with Gasteiger partial charge in [0.15, 0.2) is 0 Å². The van der Waals surface area contributed by atoms with E-state index < -0.39 is 10.0 Å². The van der Waals surface area contributed by atoms with Crippen LogP contribution in [0.15, 0.2) is 30.5 Å². The van der Waals surface area contributed by atoms with Crippen LogP contribution >= 0.6 is 22.9 Å². The van der Waals surface area contributed by atoms with E-state index in [1.807, 2.05) is 26.0 Å². The number of thiazole rings is 1. The average Bonchev–Trinajstić information content (AvgIpc) is 3.19. The molecule has 0 fully saturated rings. The molecule has 0 bridgehead atoms. The molecule has 2 heterocycles. The van der Waals surface area contributed by atoms with Gasteiger partial charge in [0.25, 0.3) is 0 Å². The first-order valence-electron chi connectivity index (χ1n) is 11.0. The zero-order valence-corrected chi connectivity index (χ0v) is 22.4. The number of aromatic nitrogens is 3. The Morgan fingerprint density at radius 2 is 1.94 bits per heavy atom. The number of nitrogens with zero attached hydrogens (tertiary/aromatic N) is 3. The van der Waals surface area contributed by atoms with Crippen LogP contribution in [0.25, 0.3) is 21.8 Å². The molecule has 1 unspecified atom stereocenters. The standard InChI is InChI=1S/C23H31ClN6O2S2/c1-6-12-34(31,32)30-16-9-7-8-15(18(16)24)19-20(33-21(29-19)23(3,4)5)17-10-11-26-22(28-17)27-13-14(2)25/h7-11,14,30H,6,12-13,25H2,1-5H3,(H,26,27,28). The van der Waals surface area contributed by atoms with E-state index in [9.17, 15) is 8.42 Å². The van der Waals surface area contributed by atoms with Crippen LogP contribution < -0.4 is 15.8 Å². The maximum Gasteiger partial charge on any atom is 0.232 e. The van der Waals surface area contributed by atoms with Crippen LogP contribution in [-0.2, 0) is 15.4 Å². The highest BCUT2D eigenvalue weighted by Crippen LogP contribution is 2.43. The Kier molecular flexibility index (Phi) is 8.18. The van der Waals surface area contributed by atoms with Crippen LogP contribution in [0, 0.1) is 0 Å². The van der Waals surface area contributed by atoms with Crippen molar-refractivity contribution in [2.45, 2.75) is 52.5 Å². The first-order valence-corrected chi connectivity index (χ1v) is 13.9. The fraction of sp³-hybridized carbons (Fsp3) is 0.435. The molecule has 0 saturated heterocycles. The second kappa shape index (κ2) is 10.6. The lowest BCUT2D eigenvalue weighted by molar-refractivity contribution is 0.586. The number of rotatable bonds is 9. The van der Waals surface area contributed by atoms with E-state index in [-0.39, 0.29) is 17.2 Å². The van der Waals surface area contributed by atoms with Crippen molar-refractivity contribution in [1.82, 2.24) is 15.0 Å². The van der Waals surface area contributed by atoms with E-state index in [0.717, 1.165) is 9.88 Å². The van der Waals surface area contributed by atoms with E-state index in [4.69, 9.17) is 22.3 Å². The first kappa shape index (κ1) is 26.3. The zero-order chi connectivity index (χ0) is 25.1.